The Bertz CT molecular complexity index is 797. The number of amides is 2. The van der Waals surface area contributed by atoms with Crippen molar-refractivity contribution in [2.45, 2.75) is 38.5 Å². The maximum Gasteiger partial charge on any atom is 0.321 e. The number of rotatable bonds is 2. The standard InChI is InChI=1S/C17H24N4O2S/c1-12(2)21-10-13-9-14(5-6-15(13)19-21)18-16(22)20-7-8-24(23)17(3,4)11-20/h5-6,9-10,12H,7-8,11H2,1-4H3,(H,18,22)/t24-/m1/s1. The molecule has 1 aliphatic rings. The molecule has 2 heterocycles. The van der Waals surface area contributed by atoms with Crippen molar-refractivity contribution in [1.29, 1.82) is 0 Å². The molecule has 130 valence electrons. The molecule has 0 unspecified atom stereocenters. The van der Waals surface area contributed by atoms with Gasteiger partial charge in [-0.05, 0) is 45.9 Å². The second-order valence-electron chi connectivity index (χ2n) is 7.14. The molecule has 0 aliphatic carbocycles. The zero-order valence-electron chi connectivity index (χ0n) is 14.6. The van der Waals surface area contributed by atoms with Crippen molar-refractivity contribution in [2.24, 2.45) is 0 Å². The van der Waals surface area contributed by atoms with Crippen LogP contribution in [-0.4, -0.2) is 48.5 Å². The van der Waals surface area contributed by atoms with Gasteiger partial charge in [0.1, 0.15) is 0 Å². The predicted octanol–water partition coefficient (Wildman–Crippen LogP) is 2.99. The second-order valence-corrected chi connectivity index (χ2v) is 9.34. The molecule has 1 fully saturated rings. The number of carbonyl (C=O) groups is 1. The highest BCUT2D eigenvalue weighted by Crippen LogP contribution is 2.23. The highest BCUT2D eigenvalue weighted by atomic mass is 32.2. The number of nitrogens with one attached hydrogen (secondary N) is 1. The molecule has 3 rings (SSSR count). The van der Waals surface area contributed by atoms with E-state index < -0.39 is 10.8 Å². The van der Waals surface area contributed by atoms with Crippen molar-refractivity contribution in [1.82, 2.24) is 14.7 Å². The summed E-state index contributed by atoms with van der Waals surface area (Å²) < 4.78 is 13.5. The normalized spacial score (nSPS) is 20.5. The molecule has 0 bridgehead atoms. The van der Waals surface area contributed by atoms with Crippen LogP contribution in [0.15, 0.2) is 24.4 Å². The average molecular weight is 348 g/mol. The molecule has 24 heavy (non-hydrogen) atoms. The van der Waals surface area contributed by atoms with E-state index in [1.54, 1.807) is 4.90 Å². The molecule has 7 heteroatoms. The summed E-state index contributed by atoms with van der Waals surface area (Å²) in [4.78, 5) is 14.2. The molecular formula is C17H24N4O2S. The summed E-state index contributed by atoms with van der Waals surface area (Å²) in [6, 6.07) is 5.87. The van der Waals surface area contributed by atoms with E-state index in [2.05, 4.69) is 24.3 Å². The SMILES string of the molecule is CC(C)n1cc2cc(NC(=O)N3CC[S@@](=O)C(C)(C)C3)ccc2n1. The Labute approximate surface area is 144 Å². The number of hydrogen-bond acceptors (Lipinski definition) is 3. The summed E-state index contributed by atoms with van der Waals surface area (Å²) in [5.41, 5.74) is 1.66. The van der Waals surface area contributed by atoms with Crippen LogP contribution in [0.3, 0.4) is 0 Å². The van der Waals surface area contributed by atoms with E-state index in [1.807, 2.05) is 42.9 Å². The zero-order valence-corrected chi connectivity index (χ0v) is 15.4. The van der Waals surface area contributed by atoms with Crippen LogP contribution >= 0.6 is 0 Å². The lowest BCUT2D eigenvalue weighted by molar-refractivity contribution is 0.207. The molecule has 1 N–H and O–H groups in total. The van der Waals surface area contributed by atoms with Gasteiger partial charge in [0.25, 0.3) is 0 Å². The monoisotopic (exact) mass is 348 g/mol. The maximum absolute atomic E-state index is 12.5. The Kier molecular flexibility index (Phi) is 4.38. The van der Waals surface area contributed by atoms with Crippen LogP contribution in [0.5, 0.6) is 0 Å². The number of benzene rings is 1. The van der Waals surface area contributed by atoms with Gasteiger partial charge in [-0.2, -0.15) is 5.10 Å². The van der Waals surface area contributed by atoms with Gasteiger partial charge >= 0.3 is 6.03 Å². The first-order valence-corrected chi connectivity index (χ1v) is 9.51. The van der Waals surface area contributed by atoms with Gasteiger partial charge in [0, 0.05) is 53.0 Å². The molecule has 0 saturated carbocycles. The van der Waals surface area contributed by atoms with Crippen molar-refractivity contribution in [3.05, 3.63) is 24.4 Å². The van der Waals surface area contributed by atoms with Gasteiger partial charge in [-0.1, -0.05) is 0 Å². The van der Waals surface area contributed by atoms with Crippen molar-refractivity contribution < 1.29 is 9.00 Å². The third-order valence-corrected chi connectivity index (χ3v) is 6.24. The van der Waals surface area contributed by atoms with E-state index in [0.29, 0.717) is 24.9 Å². The van der Waals surface area contributed by atoms with Gasteiger partial charge in [0.2, 0.25) is 0 Å². The molecule has 1 aliphatic heterocycles. The summed E-state index contributed by atoms with van der Waals surface area (Å²) in [6.07, 6.45) is 1.99. The second kappa shape index (κ2) is 6.20. The van der Waals surface area contributed by atoms with Crippen LogP contribution < -0.4 is 5.32 Å². The van der Waals surface area contributed by atoms with Gasteiger partial charge in [0.15, 0.2) is 0 Å². The fourth-order valence-corrected chi connectivity index (χ4v) is 4.08. The molecule has 1 saturated heterocycles. The quantitative estimate of drug-likeness (QED) is 0.907. The van der Waals surface area contributed by atoms with Crippen molar-refractivity contribution in [3.63, 3.8) is 0 Å². The summed E-state index contributed by atoms with van der Waals surface area (Å²) in [6.45, 7) is 9.06. The Balaban J connectivity index is 1.74. The largest absolute Gasteiger partial charge is 0.322 e. The van der Waals surface area contributed by atoms with E-state index >= 15 is 0 Å². The number of urea groups is 1. The van der Waals surface area contributed by atoms with Gasteiger partial charge in [-0.25, -0.2) is 4.79 Å². The fourth-order valence-electron chi connectivity index (χ4n) is 2.84. The minimum atomic E-state index is -0.887. The van der Waals surface area contributed by atoms with Crippen molar-refractivity contribution >= 4 is 33.4 Å². The predicted molar refractivity (Wildman–Crippen MR) is 97.8 cm³/mol. The highest BCUT2D eigenvalue weighted by Gasteiger charge is 2.35. The lowest BCUT2D eigenvalue weighted by atomic mass is 10.2. The Morgan fingerprint density at radius 3 is 2.79 bits per heavy atom. The number of aromatic nitrogens is 2. The molecule has 1 atom stereocenters. The van der Waals surface area contributed by atoms with E-state index in [-0.39, 0.29) is 10.8 Å². The van der Waals surface area contributed by atoms with Crippen LogP contribution in [0.4, 0.5) is 10.5 Å². The molecule has 6 nitrogen and oxygen atoms in total. The lowest BCUT2D eigenvalue weighted by Gasteiger charge is -2.37. The van der Waals surface area contributed by atoms with Gasteiger partial charge in [-0.3, -0.25) is 8.89 Å². The van der Waals surface area contributed by atoms with E-state index in [0.717, 1.165) is 16.6 Å². The first-order chi connectivity index (χ1) is 11.3. The van der Waals surface area contributed by atoms with Crippen LogP contribution in [0.2, 0.25) is 0 Å². The first kappa shape index (κ1) is 17.0. The molecular weight excluding hydrogens is 324 g/mol. The van der Waals surface area contributed by atoms with Crippen LogP contribution in [0, 0.1) is 0 Å². The molecule has 0 spiro atoms. The van der Waals surface area contributed by atoms with Crippen molar-refractivity contribution in [2.75, 3.05) is 24.2 Å². The molecule has 1 aromatic heterocycles. The molecule has 2 aromatic rings. The van der Waals surface area contributed by atoms with E-state index in [4.69, 9.17) is 0 Å². The number of fused-ring (bicyclic) bond motifs is 1. The van der Waals surface area contributed by atoms with Gasteiger partial charge in [-0.15, -0.1) is 0 Å². The lowest BCUT2D eigenvalue weighted by Crippen LogP contribution is -2.53. The third kappa shape index (κ3) is 3.31. The Morgan fingerprint density at radius 1 is 1.38 bits per heavy atom. The van der Waals surface area contributed by atoms with Crippen LogP contribution in [0.1, 0.15) is 33.7 Å². The number of anilines is 1. The topological polar surface area (TPSA) is 67.2 Å². The summed E-state index contributed by atoms with van der Waals surface area (Å²) >= 11 is 0. The Morgan fingerprint density at radius 2 is 2.12 bits per heavy atom. The minimum Gasteiger partial charge on any atom is -0.322 e. The summed E-state index contributed by atoms with van der Waals surface area (Å²) in [5, 5.41) is 8.46. The molecule has 2 amide bonds. The number of carbonyl (C=O) groups excluding carboxylic acids is 1. The summed E-state index contributed by atoms with van der Waals surface area (Å²) in [7, 11) is -0.887. The minimum absolute atomic E-state index is 0.143. The van der Waals surface area contributed by atoms with E-state index in [1.165, 1.54) is 0 Å². The number of nitrogens with zero attached hydrogens (tertiary/aromatic N) is 3. The Hall–Kier alpha value is -1.89. The van der Waals surface area contributed by atoms with Crippen molar-refractivity contribution in [3.8, 4) is 0 Å². The maximum atomic E-state index is 12.5. The average Bonchev–Trinajstić information content (AvgIpc) is 2.93. The molecule has 1 aromatic carbocycles. The molecule has 0 radical (unpaired) electrons. The first-order valence-electron chi connectivity index (χ1n) is 8.19. The van der Waals surface area contributed by atoms with Gasteiger partial charge < -0.3 is 10.2 Å². The fraction of sp³-hybridized carbons (Fsp3) is 0.529. The number of hydrogen-bond donors (Lipinski definition) is 1. The van der Waals surface area contributed by atoms with Gasteiger partial charge in [0.05, 0.1) is 10.3 Å². The van der Waals surface area contributed by atoms with Crippen LogP contribution in [0.25, 0.3) is 10.9 Å². The van der Waals surface area contributed by atoms with Crippen LogP contribution in [-0.2, 0) is 10.8 Å². The third-order valence-electron chi connectivity index (χ3n) is 4.32. The van der Waals surface area contributed by atoms with E-state index in [9.17, 15) is 9.00 Å². The summed E-state index contributed by atoms with van der Waals surface area (Å²) in [5.74, 6) is 0.528. The smallest absolute Gasteiger partial charge is 0.321 e. The zero-order chi connectivity index (χ0) is 17.5. The highest BCUT2D eigenvalue weighted by molar-refractivity contribution is 7.86.